The van der Waals surface area contributed by atoms with Crippen LogP contribution in [-0.2, 0) is 14.3 Å². The molecule has 0 spiro atoms. The first-order valence-corrected chi connectivity index (χ1v) is 7.84. The zero-order valence-corrected chi connectivity index (χ0v) is 14.4. The van der Waals surface area contributed by atoms with E-state index in [9.17, 15) is 24.5 Å². The number of hydrogen-bond donors (Lipinski definition) is 1. The van der Waals surface area contributed by atoms with Crippen LogP contribution in [0, 0.1) is 10.1 Å². The molecule has 26 heavy (non-hydrogen) atoms. The van der Waals surface area contributed by atoms with Gasteiger partial charge in [-0.2, -0.15) is 0 Å². The Balaban J connectivity index is 1.92. The molecule has 0 aromatic heterocycles. The molecule has 0 atom stereocenters. The molecule has 1 aliphatic carbocycles. The molecule has 0 saturated heterocycles. The average Bonchev–Trinajstić information content (AvgIpc) is 3.42. The summed E-state index contributed by atoms with van der Waals surface area (Å²) in [4.78, 5) is 47.1. The number of nitro benzene ring substituents is 1. The minimum Gasteiger partial charge on any atom is -0.496 e. The number of carbonyl (C=O) groups is 3. The molecule has 1 aliphatic rings. The third kappa shape index (κ3) is 5.16. The summed E-state index contributed by atoms with van der Waals surface area (Å²) in [7, 11) is 2.71. The third-order valence-corrected chi connectivity index (χ3v) is 3.69. The van der Waals surface area contributed by atoms with Crippen LogP contribution in [0.5, 0.6) is 5.75 Å². The number of hydrogen-bond acceptors (Lipinski definition) is 7. The first-order chi connectivity index (χ1) is 12.3. The van der Waals surface area contributed by atoms with Crippen molar-refractivity contribution in [1.29, 1.82) is 0 Å². The average molecular weight is 365 g/mol. The summed E-state index contributed by atoms with van der Waals surface area (Å²) in [6, 6.07) is 3.65. The summed E-state index contributed by atoms with van der Waals surface area (Å²) >= 11 is 0. The van der Waals surface area contributed by atoms with Crippen molar-refractivity contribution >= 4 is 23.5 Å². The molecular formula is C16H19N3O7. The smallest absolute Gasteiger partial charge is 0.342 e. The quantitative estimate of drug-likeness (QED) is 0.403. The van der Waals surface area contributed by atoms with E-state index in [1.54, 1.807) is 0 Å². The predicted molar refractivity (Wildman–Crippen MR) is 88.7 cm³/mol. The first kappa shape index (κ1) is 19.2. The van der Waals surface area contributed by atoms with Gasteiger partial charge in [0.25, 0.3) is 11.6 Å². The Hall–Kier alpha value is -3.17. The summed E-state index contributed by atoms with van der Waals surface area (Å²) in [6.45, 7) is -0.745. The lowest BCUT2D eigenvalue weighted by Gasteiger charge is -2.17. The van der Waals surface area contributed by atoms with Gasteiger partial charge in [0.05, 0.1) is 18.6 Å². The number of nitrogens with one attached hydrogen (secondary N) is 1. The maximum atomic E-state index is 12.1. The van der Waals surface area contributed by atoms with Crippen LogP contribution in [0.25, 0.3) is 0 Å². The molecule has 2 amide bonds. The van der Waals surface area contributed by atoms with Crippen LogP contribution in [0.15, 0.2) is 18.2 Å². The Bertz CT molecular complexity index is 731. The number of non-ortho nitro benzene ring substituents is 1. The van der Waals surface area contributed by atoms with Crippen LogP contribution >= 0.6 is 0 Å². The van der Waals surface area contributed by atoms with E-state index in [0.717, 1.165) is 23.8 Å². The summed E-state index contributed by atoms with van der Waals surface area (Å²) in [6.07, 6.45) is 1.87. The molecule has 0 radical (unpaired) electrons. The normalized spacial score (nSPS) is 12.8. The number of methoxy groups -OCH3 is 1. The molecule has 0 bridgehead atoms. The standard InChI is InChI=1S/C16H19N3O7/c1-18(8-14(20)17-10-3-4-10)15(21)9-26-16(22)12-7-11(19(23)24)5-6-13(12)25-2/h5-7,10H,3-4,8-9H2,1-2H3,(H,17,20). The number of amides is 2. The minimum atomic E-state index is -0.935. The van der Waals surface area contributed by atoms with E-state index in [0.29, 0.717) is 0 Å². The van der Waals surface area contributed by atoms with Crippen LogP contribution in [0.1, 0.15) is 23.2 Å². The number of ether oxygens (including phenoxy) is 2. The van der Waals surface area contributed by atoms with E-state index < -0.39 is 23.4 Å². The third-order valence-electron chi connectivity index (χ3n) is 3.69. The number of carbonyl (C=O) groups excluding carboxylic acids is 3. The monoisotopic (exact) mass is 365 g/mol. The number of likely N-dealkylation sites (N-methyl/N-ethyl adjacent to an activating group) is 1. The highest BCUT2D eigenvalue weighted by Gasteiger charge is 2.25. The molecule has 1 fully saturated rings. The van der Waals surface area contributed by atoms with Gasteiger partial charge in [0.2, 0.25) is 5.91 Å². The maximum Gasteiger partial charge on any atom is 0.342 e. The zero-order chi connectivity index (χ0) is 19.3. The second-order valence-electron chi connectivity index (χ2n) is 5.81. The number of benzene rings is 1. The van der Waals surface area contributed by atoms with Crippen molar-refractivity contribution < 1.29 is 28.8 Å². The molecule has 1 saturated carbocycles. The number of esters is 1. The van der Waals surface area contributed by atoms with Gasteiger partial charge in [0.1, 0.15) is 11.3 Å². The zero-order valence-electron chi connectivity index (χ0n) is 14.4. The minimum absolute atomic E-state index is 0.0882. The van der Waals surface area contributed by atoms with Gasteiger partial charge in [-0.15, -0.1) is 0 Å². The van der Waals surface area contributed by atoms with Crippen LogP contribution in [0.4, 0.5) is 5.69 Å². The molecule has 140 valence electrons. The summed E-state index contributed by atoms with van der Waals surface area (Å²) < 4.78 is 9.88. The lowest BCUT2D eigenvalue weighted by atomic mass is 10.2. The molecule has 0 unspecified atom stereocenters. The molecule has 1 aromatic rings. The summed E-state index contributed by atoms with van der Waals surface area (Å²) in [5.74, 6) is -1.70. The van der Waals surface area contributed by atoms with Crippen molar-refractivity contribution in [3.05, 3.63) is 33.9 Å². The molecule has 0 heterocycles. The van der Waals surface area contributed by atoms with Gasteiger partial charge in [0.15, 0.2) is 6.61 Å². The maximum absolute atomic E-state index is 12.1. The lowest BCUT2D eigenvalue weighted by Crippen LogP contribution is -2.40. The van der Waals surface area contributed by atoms with Gasteiger partial charge in [0, 0.05) is 25.2 Å². The molecule has 1 N–H and O–H groups in total. The van der Waals surface area contributed by atoms with Crippen LogP contribution in [0.3, 0.4) is 0 Å². The highest BCUT2D eigenvalue weighted by molar-refractivity contribution is 5.95. The lowest BCUT2D eigenvalue weighted by molar-refractivity contribution is -0.384. The van der Waals surface area contributed by atoms with Gasteiger partial charge in [-0.1, -0.05) is 0 Å². The SMILES string of the molecule is COc1ccc([N+](=O)[O-])cc1C(=O)OCC(=O)N(C)CC(=O)NC1CC1. The van der Waals surface area contributed by atoms with Crippen molar-refractivity contribution in [1.82, 2.24) is 10.2 Å². The topological polar surface area (TPSA) is 128 Å². The predicted octanol–water partition coefficient (Wildman–Crippen LogP) is 0.497. The van der Waals surface area contributed by atoms with Crippen molar-refractivity contribution in [2.24, 2.45) is 0 Å². The fraction of sp³-hybridized carbons (Fsp3) is 0.438. The van der Waals surface area contributed by atoms with E-state index in [1.165, 1.54) is 26.3 Å². The van der Waals surface area contributed by atoms with Gasteiger partial charge < -0.3 is 19.7 Å². The van der Waals surface area contributed by atoms with Gasteiger partial charge in [-0.3, -0.25) is 19.7 Å². The van der Waals surface area contributed by atoms with E-state index >= 15 is 0 Å². The van der Waals surface area contributed by atoms with E-state index in [1.807, 2.05) is 0 Å². The van der Waals surface area contributed by atoms with Crippen LogP contribution in [0.2, 0.25) is 0 Å². The molecule has 1 aromatic carbocycles. The second-order valence-corrected chi connectivity index (χ2v) is 5.81. The Morgan fingerprint density at radius 3 is 2.62 bits per heavy atom. The van der Waals surface area contributed by atoms with E-state index in [4.69, 9.17) is 9.47 Å². The molecular weight excluding hydrogens is 346 g/mol. The van der Waals surface area contributed by atoms with Gasteiger partial charge in [-0.05, 0) is 18.9 Å². The summed E-state index contributed by atoms with van der Waals surface area (Å²) in [5, 5.41) is 13.6. The Labute approximate surface area is 149 Å². The molecule has 10 heteroatoms. The number of nitrogens with zero attached hydrogens (tertiary/aromatic N) is 2. The van der Waals surface area contributed by atoms with Crippen molar-refractivity contribution in [3.8, 4) is 5.75 Å². The molecule has 0 aliphatic heterocycles. The van der Waals surface area contributed by atoms with E-state index in [2.05, 4.69) is 5.32 Å². The fourth-order valence-corrected chi connectivity index (χ4v) is 2.09. The van der Waals surface area contributed by atoms with Crippen molar-refractivity contribution in [2.75, 3.05) is 27.3 Å². The first-order valence-electron chi connectivity index (χ1n) is 7.84. The Kier molecular flexibility index (Phi) is 6.10. The van der Waals surface area contributed by atoms with E-state index in [-0.39, 0.29) is 35.5 Å². The van der Waals surface area contributed by atoms with Gasteiger partial charge >= 0.3 is 5.97 Å². The van der Waals surface area contributed by atoms with Crippen molar-refractivity contribution in [3.63, 3.8) is 0 Å². The largest absolute Gasteiger partial charge is 0.496 e. The van der Waals surface area contributed by atoms with Crippen LogP contribution < -0.4 is 10.1 Å². The van der Waals surface area contributed by atoms with Crippen molar-refractivity contribution in [2.45, 2.75) is 18.9 Å². The molecule has 2 rings (SSSR count). The number of rotatable bonds is 8. The fourth-order valence-electron chi connectivity index (χ4n) is 2.09. The highest BCUT2D eigenvalue weighted by atomic mass is 16.6. The van der Waals surface area contributed by atoms with Crippen LogP contribution in [-0.4, -0.2) is 61.0 Å². The Morgan fingerprint density at radius 1 is 1.35 bits per heavy atom. The van der Waals surface area contributed by atoms with Gasteiger partial charge in [-0.25, -0.2) is 4.79 Å². The Morgan fingerprint density at radius 2 is 2.04 bits per heavy atom. The highest BCUT2D eigenvalue weighted by Crippen LogP contribution is 2.24. The molecule has 10 nitrogen and oxygen atoms in total. The number of nitro groups is 1. The summed E-state index contributed by atoms with van der Waals surface area (Å²) in [5.41, 5.74) is -0.471. The second kappa shape index (κ2) is 8.28.